The van der Waals surface area contributed by atoms with Crippen LogP contribution in [0.15, 0.2) is 12.1 Å². The van der Waals surface area contributed by atoms with Gasteiger partial charge in [-0.3, -0.25) is 4.79 Å². The number of aromatic nitrogens is 1. The van der Waals surface area contributed by atoms with E-state index in [1.165, 1.54) is 0 Å². The van der Waals surface area contributed by atoms with E-state index in [4.69, 9.17) is 0 Å². The minimum Gasteiger partial charge on any atom is -0.373 e. The predicted octanol–water partition coefficient (Wildman–Crippen LogP) is 3.68. The number of amides is 1. The van der Waals surface area contributed by atoms with Crippen LogP contribution in [0.2, 0.25) is 0 Å². The second-order valence-corrected chi connectivity index (χ2v) is 6.42. The first-order valence-corrected chi connectivity index (χ1v) is 7.83. The fourth-order valence-corrected chi connectivity index (χ4v) is 2.20. The topological polar surface area (TPSA) is 45.2 Å². The molecule has 118 valence electrons. The van der Waals surface area contributed by atoms with Crippen molar-refractivity contribution in [3.63, 3.8) is 0 Å². The lowest BCUT2D eigenvalue weighted by Gasteiger charge is -2.24. The predicted molar refractivity (Wildman–Crippen MR) is 89.0 cm³/mol. The Morgan fingerprint density at radius 2 is 1.76 bits per heavy atom. The fourth-order valence-electron chi connectivity index (χ4n) is 2.20. The van der Waals surface area contributed by atoms with Crippen LogP contribution in [0.1, 0.15) is 63.5 Å². The highest BCUT2D eigenvalue weighted by atomic mass is 16.2. The summed E-state index contributed by atoms with van der Waals surface area (Å²) in [5, 5.41) is 3.06. The van der Waals surface area contributed by atoms with Gasteiger partial charge in [-0.1, -0.05) is 34.6 Å². The number of pyridine rings is 1. The summed E-state index contributed by atoms with van der Waals surface area (Å²) in [6, 6.07) is 3.78. The first kappa shape index (κ1) is 17.5. The molecule has 0 spiro atoms. The van der Waals surface area contributed by atoms with E-state index in [0.717, 1.165) is 43.0 Å². The van der Waals surface area contributed by atoms with Gasteiger partial charge in [0.25, 0.3) is 5.91 Å². The number of nitrogens with one attached hydrogen (secondary N) is 1. The molecule has 0 aromatic carbocycles. The quantitative estimate of drug-likeness (QED) is 0.869. The summed E-state index contributed by atoms with van der Waals surface area (Å²) >= 11 is 0. The molecule has 21 heavy (non-hydrogen) atoms. The zero-order valence-electron chi connectivity index (χ0n) is 14.3. The Balaban J connectivity index is 3.18. The molecule has 0 aliphatic heterocycles. The van der Waals surface area contributed by atoms with Crippen molar-refractivity contribution >= 4 is 11.7 Å². The average molecular weight is 291 g/mol. The summed E-state index contributed by atoms with van der Waals surface area (Å²) < 4.78 is 0. The summed E-state index contributed by atoms with van der Waals surface area (Å²) in [7, 11) is 1.83. The molecule has 0 aliphatic rings. The van der Waals surface area contributed by atoms with Gasteiger partial charge in [0.2, 0.25) is 0 Å². The van der Waals surface area contributed by atoms with Gasteiger partial charge in [0.15, 0.2) is 0 Å². The highest BCUT2D eigenvalue weighted by Gasteiger charge is 2.21. The van der Waals surface area contributed by atoms with Crippen LogP contribution in [0.25, 0.3) is 0 Å². The van der Waals surface area contributed by atoms with Crippen molar-refractivity contribution in [3.8, 4) is 0 Å². The first-order valence-electron chi connectivity index (χ1n) is 7.83. The van der Waals surface area contributed by atoms with E-state index in [-0.39, 0.29) is 11.3 Å². The van der Waals surface area contributed by atoms with Crippen LogP contribution in [0, 0.1) is 0 Å². The zero-order chi connectivity index (χ0) is 16.0. The number of hydrogen-bond donors (Lipinski definition) is 1. The SMILES string of the molecule is CCCN(CCC)C(=O)c1cc(NC)nc(C(C)(C)C)c1. The third-order valence-electron chi connectivity index (χ3n) is 3.37. The van der Waals surface area contributed by atoms with Crippen molar-refractivity contribution in [3.05, 3.63) is 23.4 Å². The molecular weight excluding hydrogens is 262 g/mol. The van der Waals surface area contributed by atoms with Crippen molar-refractivity contribution < 1.29 is 4.79 Å². The van der Waals surface area contributed by atoms with E-state index in [1.807, 2.05) is 24.1 Å². The number of anilines is 1. The van der Waals surface area contributed by atoms with E-state index >= 15 is 0 Å². The number of carbonyl (C=O) groups is 1. The monoisotopic (exact) mass is 291 g/mol. The number of carbonyl (C=O) groups excluding carboxylic acids is 1. The van der Waals surface area contributed by atoms with Crippen molar-refractivity contribution in [1.82, 2.24) is 9.88 Å². The maximum atomic E-state index is 12.7. The molecule has 0 saturated carbocycles. The summed E-state index contributed by atoms with van der Waals surface area (Å²) in [5.41, 5.74) is 1.58. The van der Waals surface area contributed by atoms with Gasteiger partial charge in [0, 0.05) is 36.8 Å². The van der Waals surface area contributed by atoms with Gasteiger partial charge in [-0.15, -0.1) is 0 Å². The molecule has 0 fully saturated rings. The van der Waals surface area contributed by atoms with Crippen molar-refractivity contribution in [2.45, 2.75) is 52.9 Å². The summed E-state index contributed by atoms with van der Waals surface area (Å²) in [6.07, 6.45) is 1.95. The molecule has 0 atom stereocenters. The van der Waals surface area contributed by atoms with Crippen molar-refractivity contribution in [2.24, 2.45) is 0 Å². The molecule has 0 saturated heterocycles. The average Bonchev–Trinajstić information content (AvgIpc) is 2.44. The van der Waals surface area contributed by atoms with E-state index in [0.29, 0.717) is 0 Å². The minimum atomic E-state index is -0.0811. The smallest absolute Gasteiger partial charge is 0.254 e. The molecule has 4 heteroatoms. The second-order valence-electron chi connectivity index (χ2n) is 6.42. The van der Waals surface area contributed by atoms with Crippen LogP contribution in [-0.2, 0) is 5.41 Å². The lowest BCUT2D eigenvalue weighted by Crippen LogP contribution is -2.33. The van der Waals surface area contributed by atoms with Crippen LogP contribution in [0.5, 0.6) is 0 Å². The van der Waals surface area contributed by atoms with Crippen LogP contribution in [0.3, 0.4) is 0 Å². The van der Waals surface area contributed by atoms with Crippen molar-refractivity contribution in [1.29, 1.82) is 0 Å². The molecule has 4 nitrogen and oxygen atoms in total. The molecule has 1 rings (SSSR count). The third kappa shape index (κ3) is 4.73. The van der Waals surface area contributed by atoms with Gasteiger partial charge in [-0.25, -0.2) is 4.98 Å². The molecule has 1 N–H and O–H groups in total. The molecule has 0 unspecified atom stereocenters. The van der Waals surface area contributed by atoms with E-state index < -0.39 is 0 Å². The minimum absolute atomic E-state index is 0.0811. The van der Waals surface area contributed by atoms with Gasteiger partial charge in [-0.2, -0.15) is 0 Å². The van der Waals surface area contributed by atoms with Gasteiger partial charge < -0.3 is 10.2 Å². The lowest BCUT2D eigenvalue weighted by molar-refractivity contribution is 0.0755. The second kappa shape index (κ2) is 7.43. The summed E-state index contributed by atoms with van der Waals surface area (Å²) in [5.74, 6) is 0.849. The Bertz CT molecular complexity index is 471. The number of nitrogens with zero attached hydrogens (tertiary/aromatic N) is 2. The van der Waals surface area contributed by atoms with Gasteiger partial charge in [0.05, 0.1) is 0 Å². The Morgan fingerprint density at radius 3 is 2.19 bits per heavy atom. The van der Waals surface area contributed by atoms with E-state index in [2.05, 4.69) is 44.9 Å². The molecule has 1 aromatic rings. The highest BCUT2D eigenvalue weighted by Crippen LogP contribution is 2.24. The van der Waals surface area contributed by atoms with E-state index in [1.54, 1.807) is 0 Å². The molecule has 1 heterocycles. The van der Waals surface area contributed by atoms with Gasteiger partial charge in [0.1, 0.15) is 5.82 Å². The lowest BCUT2D eigenvalue weighted by atomic mass is 9.90. The highest BCUT2D eigenvalue weighted by molar-refractivity contribution is 5.95. The van der Waals surface area contributed by atoms with Crippen LogP contribution < -0.4 is 5.32 Å². The number of rotatable bonds is 6. The number of hydrogen-bond acceptors (Lipinski definition) is 3. The van der Waals surface area contributed by atoms with Crippen LogP contribution in [0.4, 0.5) is 5.82 Å². The Kier molecular flexibility index (Phi) is 6.19. The Labute approximate surface area is 129 Å². The molecule has 0 radical (unpaired) electrons. The zero-order valence-corrected chi connectivity index (χ0v) is 14.3. The van der Waals surface area contributed by atoms with Crippen molar-refractivity contribution in [2.75, 3.05) is 25.5 Å². The Morgan fingerprint density at radius 1 is 1.19 bits per heavy atom. The maximum absolute atomic E-state index is 12.7. The fraction of sp³-hybridized carbons (Fsp3) is 0.647. The molecular formula is C17H29N3O. The largest absolute Gasteiger partial charge is 0.373 e. The van der Waals surface area contributed by atoms with Crippen LogP contribution >= 0.6 is 0 Å². The summed E-state index contributed by atoms with van der Waals surface area (Å²) in [4.78, 5) is 19.2. The first-order chi connectivity index (χ1) is 9.83. The van der Waals surface area contributed by atoms with Gasteiger partial charge >= 0.3 is 0 Å². The van der Waals surface area contributed by atoms with E-state index in [9.17, 15) is 4.79 Å². The van der Waals surface area contributed by atoms with Gasteiger partial charge in [-0.05, 0) is 25.0 Å². The third-order valence-corrected chi connectivity index (χ3v) is 3.37. The Hall–Kier alpha value is -1.58. The standard InChI is InChI=1S/C17H29N3O/c1-7-9-20(10-8-2)16(21)13-11-14(17(3,4)5)19-15(12-13)18-6/h11-12H,7-10H2,1-6H3,(H,18,19). The molecule has 1 amide bonds. The maximum Gasteiger partial charge on any atom is 0.254 e. The van der Waals surface area contributed by atoms with Crippen LogP contribution in [-0.4, -0.2) is 35.9 Å². The summed E-state index contributed by atoms with van der Waals surface area (Å²) in [6.45, 7) is 12.1. The normalized spacial score (nSPS) is 11.3. The molecule has 1 aromatic heterocycles. The molecule has 0 aliphatic carbocycles. The molecule has 0 bridgehead atoms.